The van der Waals surface area contributed by atoms with Crippen LogP contribution in [0.4, 0.5) is 13.2 Å². The van der Waals surface area contributed by atoms with Gasteiger partial charge in [-0.3, -0.25) is 14.5 Å². The molecule has 33 heavy (non-hydrogen) atoms. The van der Waals surface area contributed by atoms with Gasteiger partial charge >= 0.3 is 6.18 Å². The number of pyridine rings is 1. The molecule has 2 aromatic rings. The molecule has 2 aromatic heterocycles. The Balaban J connectivity index is 1.86. The molecule has 1 aliphatic carbocycles. The first kappa shape index (κ1) is 25.0. The molecule has 0 saturated carbocycles. The summed E-state index contributed by atoms with van der Waals surface area (Å²) in [5, 5.41) is 3.14. The second kappa shape index (κ2) is 11.5. The summed E-state index contributed by atoms with van der Waals surface area (Å²) in [6, 6.07) is 3.43. The first-order chi connectivity index (χ1) is 15.9. The lowest BCUT2D eigenvalue weighted by Crippen LogP contribution is -2.38. The normalized spacial score (nSPS) is 16.7. The Morgan fingerprint density at radius 3 is 2.88 bits per heavy atom. The van der Waals surface area contributed by atoms with Crippen molar-refractivity contribution < 1.29 is 13.2 Å². The Hall–Kier alpha value is -2.65. The molecule has 1 N–H and O–H groups in total. The molecule has 1 aliphatic rings. The molecule has 0 aliphatic heterocycles. The smallest absolute Gasteiger partial charge is 0.357 e. The van der Waals surface area contributed by atoms with E-state index in [9.17, 15) is 13.2 Å². The van der Waals surface area contributed by atoms with Gasteiger partial charge < -0.3 is 10.2 Å². The largest absolute Gasteiger partial charge is 0.401 e. The third kappa shape index (κ3) is 6.68. The van der Waals surface area contributed by atoms with Crippen LogP contribution in [0, 0.1) is 0 Å². The van der Waals surface area contributed by atoms with Gasteiger partial charge in [0.2, 0.25) is 0 Å². The predicted octanol–water partition coefficient (Wildman–Crippen LogP) is 4.25. The van der Waals surface area contributed by atoms with E-state index in [1.54, 1.807) is 18.6 Å². The van der Waals surface area contributed by atoms with Gasteiger partial charge in [0.15, 0.2) is 0 Å². The van der Waals surface area contributed by atoms with Gasteiger partial charge in [0.05, 0.1) is 24.0 Å². The van der Waals surface area contributed by atoms with E-state index in [1.807, 2.05) is 36.0 Å². The van der Waals surface area contributed by atoms with Gasteiger partial charge in [-0.25, -0.2) is 4.98 Å². The number of hydrogen-bond acceptors (Lipinski definition) is 5. The number of aryl methyl sites for hydroxylation is 1. The van der Waals surface area contributed by atoms with Crippen LogP contribution in [0.2, 0.25) is 0 Å². The van der Waals surface area contributed by atoms with E-state index in [-0.39, 0.29) is 12.6 Å². The van der Waals surface area contributed by atoms with Gasteiger partial charge in [-0.05, 0) is 50.9 Å². The maximum Gasteiger partial charge on any atom is 0.401 e. The van der Waals surface area contributed by atoms with Gasteiger partial charge in [-0.2, -0.15) is 13.2 Å². The minimum atomic E-state index is -4.31. The maximum absolute atomic E-state index is 13.5. The average Bonchev–Trinajstić information content (AvgIpc) is 3.25. The highest BCUT2D eigenvalue weighted by Crippen LogP contribution is 2.35. The third-order valence-electron chi connectivity index (χ3n) is 5.86. The second-order valence-electron chi connectivity index (χ2n) is 8.19. The quantitative estimate of drug-likeness (QED) is 0.506. The Kier molecular flexibility index (Phi) is 8.68. The molecule has 9 heteroatoms. The molecule has 0 saturated heterocycles. The Labute approximate surface area is 193 Å². The Morgan fingerprint density at radius 1 is 1.36 bits per heavy atom. The van der Waals surface area contributed by atoms with Crippen LogP contribution < -0.4 is 5.32 Å². The van der Waals surface area contributed by atoms with Crippen LogP contribution in [0.15, 0.2) is 49.6 Å². The number of aromatic nitrogens is 3. The summed E-state index contributed by atoms with van der Waals surface area (Å²) < 4.78 is 42.4. The van der Waals surface area contributed by atoms with E-state index < -0.39 is 12.7 Å². The SMILES string of the molecule is C=C/C=C(/N(CC)CCNC)n1cnc(CN(CC(F)(F)F)C2CCCc3cccnc32)c1. The first-order valence-electron chi connectivity index (χ1n) is 11.4. The Bertz CT molecular complexity index is 936. The number of nitrogens with one attached hydrogen (secondary N) is 1. The molecular formula is C24H33F3N6. The topological polar surface area (TPSA) is 49.2 Å². The third-order valence-corrected chi connectivity index (χ3v) is 5.86. The number of likely N-dealkylation sites (N-methyl/N-ethyl adjacent to an activating group) is 2. The van der Waals surface area contributed by atoms with E-state index in [4.69, 9.17) is 0 Å². The van der Waals surface area contributed by atoms with Gasteiger partial charge in [0, 0.05) is 38.6 Å². The summed E-state index contributed by atoms with van der Waals surface area (Å²) in [4.78, 5) is 12.5. The highest BCUT2D eigenvalue weighted by atomic mass is 19.4. The second-order valence-corrected chi connectivity index (χ2v) is 8.19. The maximum atomic E-state index is 13.5. The zero-order valence-electron chi connectivity index (χ0n) is 19.4. The Morgan fingerprint density at radius 2 is 2.18 bits per heavy atom. The number of imidazole rings is 1. The van der Waals surface area contributed by atoms with Crippen LogP contribution in [0.3, 0.4) is 0 Å². The van der Waals surface area contributed by atoms with Crippen molar-refractivity contribution in [3.8, 4) is 0 Å². The number of rotatable bonds is 11. The molecule has 3 rings (SSSR count). The van der Waals surface area contributed by atoms with Crippen LogP contribution in [0.1, 0.15) is 42.8 Å². The molecule has 6 nitrogen and oxygen atoms in total. The lowest BCUT2D eigenvalue weighted by atomic mass is 9.90. The minimum Gasteiger partial charge on any atom is -0.357 e. The van der Waals surface area contributed by atoms with Crippen LogP contribution >= 0.6 is 0 Å². The number of halogens is 3. The van der Waals surface area contributed by atoms with Crippen LogP contribution in [-0.2, 0) is 13.0 Å². The highest BCUT2D eigenvalue weighted by Gasteiger charge is 2.36. The van der Waals surface area contributed by atoms with Crippen molar-refractivity contribution in [2.24, 2.45) is 0 Å². The predicted molar refractivity (Wildman–Crippen MR) is 124 cm³/mol. The van der Waals surface area contributed by atoms with Gasteiger partial charge in [0.1, 0.15) is 12.1 Å². The number of alkyl halides is 3. The van der Waals surface area contributed by atoms with E-state index in [0.29, 0.717) is 12.1 Å². The first-order valence-corrected chi connectivity index (χ1v) is 11.4. The summed E-state index contributed by atoms with van der Waals surface area (Å²) in [5.74, 6) is 0.883. The van der Waals surface area contributed by atoms with Crippen LogP contribution in [0.25, 0.3) is 5.82 Å². The highest BCUT2D eigenvalue weighted by molar-refractivity contribution is 5.46. The summed E-state index contributed by atoms with van der Waals surface area (Å²) >= 11 is 0. The van der Waals surface area contributed by atoms with E-state index in [2.05, 4.69) is 33.7 Å². The van der Waals surface area contributed by atoms with Crippen LogP contribution in [0.5, 0.6) is 0 Å². The lowest BCUT2D eigenvalue weighted by molar-refractivity contribution is -0.153. The van der Waals surface area contributed by atoms with Crippen molar-refractivity contribution in [1.82, 2.24) is 29.7 Å². The van der Waals surface area contributed by atoms with E-state index in [1.165, 1.54) is 4.90 Å². The van der Waals surface area contributed by atoms with Crippen molar-refractivity contribution in [2.75, 3.05) is 33.2 Å². The summed E-state index contributed by atoms with van der Waals surface area (Å²) in [5.41, 5.74) is 2.37. The van der Waals surface area contributed by atoms with Crippen molar-refractivity contribution in [1.29, 1.82) is 0 Å². The molecule has 0 bridgehead atoms. The van der Waals surface area contributed by atoms with Crippen molar-refractivity contribution in [2.45, 2.75) is 44.9 Å². The average molecular weight is 463 g/mol. The molecule has 0 aromatic carbocycles. The molecule has 1 atom stereocenters. The van der Waals surface area contributed by atoms with Gasteiger partial charge in [0.25, 0.3) is 0 Å². The molecule has 0 amide bonds. The molecule has 0 fully saturated rings. The fourth-order valence-corrected chi connectivity index (χ4v) is 4.37. The molecule has 0 radical (unpaired) electrons. The summed E-state index contributed by atoms with van der Waals surface area (Å²) in [7, 11) is 1.90. The number of allylic oxidation sites excluding steroid dienone is 2. The lowest BCUT2D eigenvalue weighted by Gasteiger charge is -2.35. The zero-order valence-corrected chi connectivity index (χ0v) is 19.4. The molecule has 2 heterocycles. The summed E-state index contributed by atoms with van der Waals surface area (Å²) in [6.07, 6.45) is 6.75. The van der Waals surface area contributed by atoms with Crippen LogP contribution in [-0.4, -0.2) is 63.7 Å². The molecule has 180 valence electrons. The number of nitrogens with zero attached hydrogens (tertiary/aromatic N) is 5. The van der Waals surface area contributed by atoms with Gasteiger partial charge in [-0.1, -0.05) is 18.7 Å². The minimum absolute atomic E-state index is 0.0944. The molecule has 0 spiro atoms. The van der Waals surface area contributed by atoms with E-state index >= 15 is 0 Å². The summed E-state index contributed by atoms with van der Waals surface area (Å²) in [6.45, 7) is 7.32. The van der Waals surface area contributed by atoms with Crippen molar-refractivity contribution in [3.05, 3.63) is 66.5 Å². The number of hydrogen-bond donors (Lipinski definition) is 1. The monoisotopic (exact) mass is 462 g/mol. The van der Waals surface area contributed by atoms with Crippen molar-refractivity contribution in [3.63, 3.8) is 0 Å². The standard InChI is InChI=1S/C24H33F3N6/c1-4-8-22(31(5-2)14-13-28-3)33-16-20(30-18-33)15-32(17-24(25,26)27)21-11-6-9-19-10-7-12-29-23(19)21/h4,7-8,10,12,16,18,21,28H,1,5-6,9,11,13-15,17H2,2-3H3/b22-8-. The number of fused-ring (bicyclic) bond motifs is 1. The fourth-order valence-electron chi connectivity index (χ4n) is 4.37. The molecular weight excluding hydrogens is 429 g/mol. The zero-order chi connectivity index (χ0) is 23.8. The van der Waals surface area contributed by atoms with E-state index in [0.717, 1.165) is 49.6 Å². The van der Waals surface area contributed by atoms with Crippen molar-refractivity contribution >= 4 is 5.82 Å². The van der Waals surface area contributed by atoms with Gasteiger partial charge in [-0.15, -0.1) is 0 Å². The molecule has 1 unspecified atom stereocenters. The fraction of sp³-hybridized carbons (Fsp3) is 0.500.